The van der Waals surface area contributed by atoms with Crippen LogP contribution in [0.1, 0.15) is 33.6 Å². The van der Waals surface area contributed by atoms with E-state index < -0.39 is 0 Å². The van der Waals surface area contributed by atoms with E-state index in [2.05, 4.69) is 5.32 Å². The highest BCUT2D eigenvalue weighted by Gasteiger charge is 2.23. The van der Waals surface area contributed by atoms with Gasteiger partial charge in [0.25, 0.3) is 0 Å². The number of nitrogens with one attached hydrogen (secondary N) is 1. The van der Waals surface area contributed by atoms with Crippen molar-refractivity contribution in [3.05, 3.63) is 106 Å². The molecule has 0 spiro atoms. The first kappa shape index (κ1) is 21.8. The summed E-state index contributed by atoms with van der Waals surface area (Å²) in [5.41, 5.74) is 7.37. The van der Waals surface area contributed by atoms with Gasteiger partial charge in [-0.2, -0.15) is 0 Å². The number of phenols is 1. The smallest absolute Gasteiger partial charge is 0.229 e. The van der Waals surface area contributed by atoms with Crippen LogP contribution in [-0.2, 0) is 37.1 Å². The Balaban J connectivity index is 1.50. The minimum absolute atomic E-state index is 0.0110. The topological polar surface area (TPSA) is 95.3 Å². The Hall–Kier alpha value is -4.03. The fourth-order valence-electron chi connectivity index (χ4n) is 4.32. The number of hydrogen-bond acceptors (Lipinski definition) is 5. The molecule has 3 N–H and O–H groups in total. The lowest BCUT2D eigenvalue weighted by Crippen LogP contribution is -2.20. The van der Waals surface area contributed by atoms with E-state index in [1.54, 1.807) is 24.3 Å². The zero-order valence-electron chi connectivity index (χ0n) is 18.7. The second kappa shape index (κ2) is 9.45. The lowest BCUT2D eigenvalue weighted by molar-refractivity contribution is -0.115. The molecule has 0 radical (unpaired) electrons. The molecule has 0 unspecified atom stereocenters. The standard InChI is InChI=1S/C28H25N3O3/c32-17-20-8-12-23-21(14-20)9-13-24-27(23)29-25(15-18-4-2-1-3-5-18)28(30-24)31-26(34)16-19-6-10-22(33)11-7-19/h1-8,10-12,14,32-33H,9,13,15-17H2,(H,30,31,34). The van der Waals surface area contributed by atoms with Gasteiger partial charge in [-0.05, 0) is 47.2 Å². The maximum atomic E-state index is 12.8. The second-order valence-electron chi connectivity index (χ2n) is 8.52. The number of carbonyl (C=O) groups is 1. The quantitative estimate of drug-likeness (QED) is 0.408. The molecule has 1 aliphatic carbocycles. The minimum atomic E-state index is -0.182. The fraction of sp³-hybridized carbons (Fsp3) is 0.179. The molecule has 0 aliphatic heterocycles. The van der Waals surface area contributed by atoms with Crippen LogP contribution >= 0.6 is 0 Å². The lowest BCUT2D eigenvalue weighted by atomic mass is 9.90. The first-order valence-electron chi connectivity index (χ1n) is 11.3. The first-order chi connectivity index (χ1) is 16.6. The molecule has 6 nitrogen and oxygen atoms in total. The van der Waals surface area contributed by atoms with Crippen molar-refractivity contribution in [3.8, 4) is 17.0 Å². The van der Waals surface area contributed by atoms with Crippen LogP contribution in [0.15, 0.2) is 72.8 Å². The van der Waals surface area contributed by atoms with Crippen molar-refractivity contribution in [2.75, 3.05) is 5.32 Å². The number of fused-ring (bicyclic) bond motifs is 3. The van der Waals surface area contributed by atoms with Crippen LogP contribution in [-0.4, -0.2) is 26.1 Å². The van der Waals surface area contributed by atoms with Crippen LogP contribution in [0.3, 0.4) is 0 Å². The third-order valence-electron chi connectivity index (χ3n) is 6.05. The minimum Gasteiger partial charge on any atom is -0.508 e. The van der Waals surface area contributed by atoms with Crippen LogP contribution in [0.25, 0.3) is 11.3 Å². The van der Waals surface area contributed by atoms with Crippen molar-refractivity contribution < 1.29 is 15.0 Å². The highest BCUT2D eigenvalue weighted by atomic mass is 16.3. The number of nitrogens with zero attached hydrogens (tertiary/aromatic N) is 2. The van der Waals surface area contributed by atoms with E-state index in [-0.39, 0.29) is 24.7 Å². The Morgan fingerprint density at radius 1 is 0.882 bits per heavy atom. The van der Waals surface area contributed by atoms with Gasteiger partial charge in [0.15, 0.2) is 5.82 Å². The molecule has 1 aromatic heterocycles. The molecule has 0 saturated carbocycles. The monoisotopic (exact) mass is 451 g/mol. The summed E-state index contributed by atoms with van der Waals surface area (Å²) in [7, 11) is 0. The first-order valence-corrected chi connectivity index (χ1v) is 11.3. The summed E-state index contributed by atoms with van der Waals surface area (Å²) in [5, 5.41) is 22.0. The van der Waals surface area contributed by atoms with Gasteiger partial charge in [0, 0.05) is 12.0 Å². The third kappa shape index (κ3) is 4.67. The number of carbonyl (C=O) groups excluding carboxylic acids is 1. The highest BCUT2D eigenvalue weighted by Crippen LogP contribution is 2.34. The molecule has 3 aromatic carbocycles. The molecule has 0 bridgehead atoms. The molecule has 34 heavy (non-hydrogen) atoms. The summed E-state index contributed by atoms with van der Waals surface area (Å²) < 4.78 is 0. The summed E-state index contributed by atoms with van der Waals surface area (Å²) in [6.45, 7) is 0.0110. The summed E-state index contributed by atoms with van der Waals surface area (Å²) in [5.74, 6) is 0.473. The number of hydrogen-bond donors (Lipinski definition) is 3. The number of aromatic nitrogens is 2. The second-order valence-corrected chi connectivity index (χ2v) is 8.52. The van der Waals surface area contributed by atoms with Crippen LogP contribution in [0.5, 0.6) is 5.75 Å². The van der Waals surface area contributed by atoms with Crippen molar-refractivity contribution in [2.45, 2.75) is 32.3 Å². The van der Waals surface area contributed by atoms with Gasteiger partial charge in [-0.3, -0.25) is 4.79 Å². The SMILES string of the molecule is O=C(Cc1ccc(O)cc1)Nc1nc2c(nc1Cc1ccccc1)-c1ccc(CO)cc1CC2. The van der Waals surface area contributed by atoms with Crippen LogP contribution < -0.4 is 5.32 Å². The predicted molar refractivity (Wildman–Crippen MR) is 130 cm³/mol. The normalized spacial score (nSPS) is 12.0. The van der Waals surface area contributed by atoms with E-state index >= 15 is 0 Å². The number of amides is 1. The Morgan fingerprint density at radius 3 is 2.41 bits per heavy atom. The number of aliphatic hydroxyl groups excluding tert-OH is 1. The summed E-state index contributed by atoms with van der Waals surface area (Å²) in [4.78, 5) is 22.7. The third-order valence-corrected chi connectivity index (χ3v) is 6.05. The molecule has 0 saturated heterocycles. The van der Waals surface area contributed by atoms with Gasteiger partial charge in [0.1, 0.15) is 5.75 Å². The van der Waals surface area contributed by atoms with Gasteiger partial charge in [-0.25, -0.2) is 9.97 Å². The Kier molecular flexibility index (Phi) is 6.06. The zero-order valence-corrected chi connectivity index (χ0v) is 18.7. The van der Waals surface area contributed by atoms with E-state index in [0.29, 0.717) is 17.9 Å². The van der Waals surface area contributed by atoms with Crippen LogP contribution in [0.4, 0.5) is 5.82 Å². The fourth-order valence-corrected chi connectivity index (χ4v) is 4.32. The summed E-state index contributed by atoms with van der Waals surface area (Å²) in [6, 6.07) is 22.6. The van der Waals surface area contributed by atoms with Crippen LogP contribution in [0.2, 0.25) is 0 Å². The molecular weight excluding hydrogens is 426 g/mol. The Labute approximate surface area is 198 Å². The number of aryl methyl sites for hydroxylation is 2. The highest BCUT2D eigenvalue weighted by molar-refractivity contribution is 5.92. The average Bonchev–Trinajstić information content (AvgIpc) is 2.86. The van der Waals surface area contributed by atoms with E-state index in [9.17, 15) is 15.0 Å². The lowest BCUT2D eigenvalue weighted by Gasteiger charge is -2.21. The molecule has 0 fully saturated rings. The Morgan fingerprint density at radius 2 is 1.65 bits per heavy atom. The number of aromatic hydroxyl groups is 1. The number of aliphatic hydroxyl groups is 1. The van der Waals surface area contributed by atoms with E-state index in [1.807, 2.05) is 48.5 Å². The summed E-state index contributed by atoms with van der Waals surface area (Å²) in [6.07, 6.45) is 2.25. The number of anilines is 1. The van der Waals surface area contributed by atoms with Crippen LogP contribution in [0, 0.1) is 0 Å². The van der Waals surface area contributed by atoms with Crippen molar-refractivity contribution in [2.24, 2.45) is 0 Å². The van der Waals surface area contributed by atoms with E-state index in [1.165, 1.54) is 0 Å². The molecule has 170 valence electrons. The van der Waals surface area contributed by atoms with Gasteiger partial charge < -0.3 is 15.5 Å². The van der Waals surface area contributed by atoms with Crippen molar-refractivity contribution >= 4 is 11.7 Å². The average molecular weight is 452 g/mol. The number of phenolic OH excluding ortho intramolecular Hbond substituents is 1. The predicted octanol–water partition coefficient (Wildman–Crippen LogP) is 4.21. The van der Waals surface area contributed by atoms with Crippen molar-refractivity contribution in [1.82, 2.24) is 9.97 Å². The van der Waals surface area contributed by atoms with Gasteiger partial charge in [-0.15, -0.1) is 0 Å². The molecule has 1 amide bonds. The molecule has 0 atom stereocenters. The van der Waals surface area contributed by atoms with Gasteiger partial charge in [0.2, 0.25) is 5.91 Å². The molecule has 4 aromatic rings. The molecule has 6 heteroatoms. The van der Waals surface area contributed by atoms with Crippen molar-refractivity contribution in [3.63, 3.8) is 0 Å². The van der Waals surface area contributed by atoms with Gasteiger partial charge >= 0.3 is 0 Å². The molecule has 5 rings (SSSR count). The summed E-state index contributed by atoms with van der Waals surface area (Å²) >= 11 is 0. The Bertz CT molecular complexity index is 1340. The zero-order chi connectivity index (χ0) is 23.5. The largest absolute Gasteiger partial charge is 0.508 e. The molecular formula is C28H25N3O3. The molecule has 1 heterocycles. The number of rotatable bonds is 6. The van der Waals surface area contributed by atoms with Gasteiger partial charge in [-0.1, -0.05) is 60.7 Å². The maximum absolute atomic E-state index is 12.8. The maximum Gasteiger partial charge on any atom is 0.229 e. The van der Waals surface area contributed by atoms with E-state index in [0.717, 1.165) is 52.0 Å². The van der Waals surface area contributed by atoms with Gasteiger partial charge in [0.05, 0.1) is 30.1 Å². The van der Waals surface area contributed by atoms with E-state index in [4.69, 9.17) is 9.97 Å². The number of benzene rings is 3. The van der Waals surface area contributed by atoms with Crippen molar-refractivity contribution in [1.29, 1.82) is 0 Å². The molecule has 1 aliphatic rings.